The third kappa shape index (κ3) is 3.16. The molecule has 1 heterocycles. The second-order valence-corrected chi connectivity index (χ2v) is 4.71. The number of oxime groups is 1. The molecule has 17 heavy (non-hydrogen) atoms. The van der Waals surface area contributed by atoms with Gasteiger partial charge in [-0.3, -0.25) is 4.68 Å². The quantitative estimate of drug-likeness (QED) is 0.276. The molecule has 0 aromatic carbocycles. The van der Waals surface area contributed by atoms with Crippen LogP contribution in [0.25, 0.3) is 0 Å². The first-order valence-corrected chi connectivity index (χ1v) is 5.65. The van der Waals surface area contributed by atoms with Gasteiger partial charge in [0.2, 0.25) is 0 Å². The maximum Gasteiger partial charge on any atom is 0.164 e. The van der Waals surface area contributed by atoms with Crippen molar-refractivity contribution in [2.45, 2.75) is 25.8 Å². The van der Waals surface area contributed by atoms with Crippen molar-refractivity contribution in [2.75, 3.05) is 6.54 Å². The molecule has 0 aliphatic heterocycles. The molecule has 7 heteroatoms. The van der Waals surface area contributed by atoms with Crippen LogP contribution in [0.2, 0.25) is 0 Å². The van der Waals surface area contributed by atoms with Gasteiger partial charge in [0.15, 0.2) is 5.82 Å². The molecule has 0 atom stereocenters. The van der Waals surface area contributed by atoms with Crippen LogP contribution in [-0.4, -0.2) is 32.4 Å². The summed E-state index contributed by atoms with van der Waals surface area (Å²) in [4.78, 5) is 4.13. The number of nitrogens with two attached hydrogens (primary N) is 1. The van der Waals surface area contributed by atoms with Gasteiger partial charge in [0, 0.05) is 20.0 Å². The second-order valence-electron chi connectivity index (χ2n) is 4.71. The number of nitrogens with zero attached hydrogens (tertiary/aromatic N) is 4. The molecule has 1 fully saturated rings. The van der Waals surface area contributed by atoms with Gasteiger partial charge in [0.05, 0.1) is 6.54 Å². The van der Waals surface area contributed by atoms with E-state index < -0.39 is 0 Å². The summed E-state index contributed by atoms with van der Waals surface area (Å²) in [5.41, 5.74) is 5.70. The van der Waals surface area contributed by atoms with E-state index in [1.807, 2.05) is 7.05 Å². The molecule has 1 saturated carbocycles. The largest absolute Gasteiger partial charge is 0.409 e. The van der Waals surface area contributed by atoms with Crippen molar-refractivity contribution in [2.24, 2.45) is 23.4 Å². The third-order valence-electron chi connectivity index (χ3n) is 3.07. The van der Waals surface area contributed by atoms with Gasteiger partial charge in [-0.2, -0.15) is 5.10 Å². The lowest BCUT2D eigenvalue weighted by molar-refractivity contribution is 0.314. The fraction of sp³-hybridized carbons (Fsp3) is 0.700. The van der Waals surface area contributed by atoms with Crippen molar-refractivity contribution < 1.29 is 5.21 Å². The van der Waals surface area contributed by atoms with E-state index in [1.165, 1.54) is 0 Å². The molecule has 0 amide bonds. The van der Waals surface area contributed by atoms with Gasteiger partial charge in [-0.15, -0.1) is 0 Å². The van der Waals surface area contributed by atoms with Crippen LogP contribution < -0.4 is 11.1 Å². The Balaban J connectivity index is 1.75. The molecule has 0 saturated heterocycles. The predicted molar refractivity (Wildman–Crippen MR) is 62.4 cm³/mol. The standard InChI is InChI=1S/C10H18N6O/c1-16-7-13-9(14-16)5-12-6-10(2-3-10)4-8(11)15-17/h7,12,17H,2-6H2,1H3,(H2,11,15). The Labute approximate surface area is 99.7 Å². The SMILES string of the molecule is Cn1cnc(CNCC2(CC(N)=NO)CC2)n1. The second kappa shape index (κ2) is 4.70. The van der Waals surface area contributed by atoms with Crippen LogP contribution in [0.4, 0.5) is 0 Å². The number of amidine groups is 1. The van der Waals surface area contributed by atoms with Crippen molar-refractivity contribution in [3.8, 4) is 0 Å². The topological polar surface area (TPSA) is 101 Å². The van der Waals surface area contributed by atoms with Gasteiger partial charge in [-0.25, -0.2) is 4.98 Å². The molecule has 0 spiro atoms. The minimum atomic E-state index is 0.172. The van der Waals surface area contributed by atoms with E-state index in [1.54, 1.807) is 11.0 Å². The molecule has 4 N–H and O–H groups in total. The van der Waals surface area contributed by atoms with E-state index in [9.17, 15) is 0 Å². The molecule has 2 rings (SSSR count). The van der Waals surface area contributed by atoms with E-state index in [0.29, 0.717) is 18.8 Å². The van der Waals surface area contributed by atoms with Crippen molar-refractivity contribution in [1.29, 1.82) is 0 Å². The van der Waals surface area contributed by atoms with Crippen molar-refractivity contribution in [3.63, 3.8) is 0 Å². The first-order valence-electron chi connectivity index (χ1n) is 5.65. The number of nitrogens with one attached hydrogen (secondary N) is 1. The highest BCUT2D eigenvalue weighted by Crippen LogP contribution is 2.48. The van der Waals surface area contributed by atoms with Crippen LogP contribution in [0.1, 0.15) is 25.1 Å². The Morgan fingerprint density at radius 2 is 2.47 bits per heavy atom. The smallest absolute Gasteiger partial charge is 0.164 e. The van der Waals surface area contributed by atoms with Crippen LogP contribution >= 0.6 is 0 Å². The van der Waals surface area contributed by atoms with Crippen LogP contribution in [0, 0.1) is 5.41 Å². The van der Waals surface area contributed by atoms with Crippen LogP contribution in [-0.2, 0) is 13.6 Å². The Bertz CT molecular complexity index is 409. The lowest BCUT2D eigenvalue weighted by Gasteiger charge is -2.14. The molecule has 0 unspecified atom stereocenters. The summed E-state index contributed by atoms with van der Waals surface area (Å²) in [5, 5.41) is 19.1. The number of aromatic nitrogens is 3. The summed E-state index contributed by atoms with van der Waals surface area (Å²) in [6.45, 7) is 1.50. The predicted octanol–water partition coefficient (Wildman–Crippen LogP) is -0.179. The Hall–Kier alpha value is -1.63. The molecular weight excluding hydrogens is 220 g/mol. The van der Waals surface area contributed by atoms with Gasteiger partial charge in [0.1, 0.15) is 12.2 Å². The van der Waals surface area contributed by atoms with Gasteiger partial charge >= 0.3 is 0 Å². The fourth-order valence-electron chi connectivity index (χ4n) is 1.92. The highest BCUT2D eigenvalue weighted by atomic mass is 16.4. The lowest BCUT2D eigenvalue weighted by atomic mass is 10.0. The van der Waals surface area contributed by atoms with Crippen molar-refractivity contribution in [3.05, 3.63) is 12.2 Å². The highest BCUT2D eigenvalue weighted by Gasteiger charge is 2.42. The normalized spacial score (nSPS) is 18.3. The van der Waals surface area contributed by atoms with E-state index in [4.69, 9.17) is 10.9 Å². The number of hydrogen-bond donors (Lipinski definition) is 3. The molecule has 94 valence electrons. The minimum Gasteiger partial charge on any atom is -0.409 e. The van der Waals surface area contributed by atoms with Crippen LogP contribution in [0.5, 0.6) is 0 Å². The monoisotopic (exact) mass is 238 g/mol. The molecular formula is C10H18N6O. The zero-order chi connectivity index (χ0) is 12.3. The van der Waals surface area contributed by atoms with Crippen LogP contribution in [0.3, 0.4) is 0 Å². The summed E-state index contributed by atoms with van der Waals surface area (Å²) < 4.78 is 1.68. The zero-order valence-corrected chi connectivity index (χ0v) is 9.93. The maximum absolute atomic E-state index is 8.55. The van der Waals surface area contributed by atoms with E-state index in [2.05, 4.69) is 20.6 Å². The average molecular weight is 238 g/mol. The van der Waals surface area contributed by atoms with E-state index in [-0.39, 0.29) is 5.41 Å². The molecule has 0 bridgehead atoms. The fourth-order valence-corrected chi connectivity index (χ4v) is 1.92. The first-order chi connectivity index (χ1) is 8.13. The summed E-state index contributed by atoms with van der Waals surface area (Å²) in [5.74, 6) is 1.09. The molecule has 7 nitrogen and oxygen atoms in total. The lowest BCUT2D eigenvalue weighted by Crippen LogP contribution is -2.28. The van der Waals surface area contributed by atoms with Gasteiger partial charge in [0.25, 0.3) is 0 Å². The summed E-state index contributed by atoms with van der Waals surface area (Å²) in [7, 11) is 1.84. The Morgan fingerprint density at radius 1 is 1.71 bits per heavy atom. The van der Waals surface area contributed by atoms with Gasteiger partial charge in [-0.05, 0) is 18.3 Å². The van der Waals surface area contributed by atoms with Gasteiger partial charge in [-0.1, -0.05) is 5.16 Å². The average Bonchev–Trinajstić information content (AvgIpc) is 2.93. The van der Waals surface area contributed by atoms with Gasteiger partial charge < -0.3 is 16.3 Å². The van der Waals surface area contributed by atoms with E-state index in [0.717, 1.165) is 25.2 Å². The summed E-state index contributed by atoms with van der Waals surface area (Å²) >= 11 is 0. The number of aryl methyl sites for hydroxylation is 1. The maximum atomic E-state index is 8.55. The molecule has 0 radical (unpaired) electrons. The van der Waals surface area contributed by atoms with Crippen LogP contribution in [0.15, 0.2) is 11.5 Å². The van der Waals surface area contributed by atoms with Crippen molar-refractivity contribution in [1.82, 2.24) is 20.1 Å². The molecule has 1 aliphatic carbocycles. The minimum absolute atomic E-state index is 0.172. The molecule has 1 aromatic rings. The number of hydrogen-bond acceptors (Lipinski definition) is 5. The third-order valence-corrected chi connectivity index (χ3v) is 3.07. The Kier molecular flexibility index (Phi) is 3.28. The first kappa shape index (κ1) is 11.8. The Morgan fingerprint density at radius 3 is 3.00 bits per heavy atom. The molecule has 1 aliphatic rings. The summed E-state index contributed by atoms with van der Waals surface area (Å²) in [6, 6.07) is 0. The molecule has 1 aromatic heterocycles. The number of rotatable bonds is 6. The highest BCUT2D eigenvalue weighted by molar-refractivity contribution is 5.80. The van der Waals surface area contributed by atoms with E-state index >= 15 is 0 Å². The van der Waals surface area contributed by atoms with Crippen molar-refractivity contribution >= 4 is 5.84 Å². The summed E-state index contributed by atoms with van der Waals surface area (Å²) in [6.07, 6.45) is 4.56. The zero-order valence-electron chi connectivity index (χ0n) is 9.93.